The van der Waals surface area contributed by atoms with Gasteiger partial charge in [0, 0.05) is 17.4 Å². The smallest absolute Gasteiger partial charge is 0.355 e. The number of benzene rings is 1. The normalized spacial score (nSPS) is 16.4. The predicted molar refractivity (Wildman–Crippen MR) is 113 cm³/mol. The van der Waals surface area contributed by atoms with Crippen molar-refractivity contribution in [3.05, 3.63) is 52.3 Å². The minimum atomic E-state index is -0.972. The van der Waals surface area contributed by atoms with Crippen LogP contribution in [0.2, 0.25) is 0 Å². The maximum atomic E-state index is 13.0. The molecule has 1 N–H and O–H groups in total. The van der Waals surface area contributed by atoms with Crippen LogP contribution in [0.1, 0.15) is 65.4 Å². The summed E-state index contributed by atoms with van der Waals surface area (Å²) in [5.41, 5.74) is 3.38. The number of rotatable bonds is 5. The number of aryl methyl sites for hydroxylation is 1. The summed E-state index contributed by atoms with van der Waals surface area (Å²) in [4.78, 5) is 42.7. The lowest BCUT2D eigenvalue weighted by Crippen LogP contribution is -2.43. The van der Waals surface area contributed by atoms with Gasteiger partial charge in [0.2, 0.25) is 0 Å². The number of para-hydroxylation sites is 1. The first kappa shape index (κ1) is 21.6. The zero-order valence-electron chi connectivity index (χ0n) is 18.2. The van der Waals surface area contributed by atoms with Crippen molar-refractivity contribution >= 4 is 23.5 Å². The Kier molecular flexibility index (Phi) is 6.01. The fourth-order valence-electron chi connectivity index (χ4n) is 3.90. The van der Waals surface area contributed by atoms with Gasteiger partial charge in [0.15, 0.2) is 6.10 Å². The van der Waals surface area contributed by atoms with Gasteiger partial charge in [0.1, 0.15) is 5.69 Å². The van der Waals surface area contributed by atoms with Gasteiger partial charge >= 0.3 is 11.9 Å². The van der Waals surface area contributed by atoms with Crippen molar-refractivity contribution in [2.75, 3.05) is 4.90 Å². The van der Waals surface area contributed by atoms with E-state index in [1.807, 2.05) is 31.2 Å². The van der Waals surface area contributed by atoms with Crippen LogP contribution in [0, 0.1) is 13.8 Å². The molecule has 7 heteroatoms. The number of fused-ring (bicyclic) bond motifs is 1. The van der Waals surface area contributed by atoms with E-state index in [9.17, 15) is 14.4 Å². The van der Waals surface area contributed by atoms with Crippen molar-refractivity contribution in [3.63, 3.8) is 0 Å². The largest absolute Gasteiger partial charge is 0.459 e. The predicted octanol–water partition coefficient (Wildman–Crippen LogP) is 3.72. The van der Waals surface area contributed by atoms with E-state index in [2.05, 4.69) is 4.98 Å². The van der Waals surface area contributed by atoms with Crippen molar-refractivity contribution < 1.29 is 23.9 Å². The Bertz CT molecular complexity index is 991. The molecule has 0 unspecified atom stereocenters. The third-order valence-corrected chi connectivity index (χ3v) is 5.26. The maximum absolute atomic E-state index is 13.0. The van der Waals surface area contributed by atoms with Gasteiger partial charge in [-0.05, 0) is 65.2 Å². The van der Waals surface area contributed by atoms with Gasteiger partial charge < -0.3 is 19.4 Å². The second-order valence-corrected chi connectivity index (χ2v) is 8.02. The highest BCUT2D eigenvalue weighted by Crippen LogP contribution is 2.32. The van der Waals surface area contributed by atoms with E-state index in [-0.39, 0.29) is 23.7 Å². The van der Waals surface area contributed by atoms with E-state index in [0.717, 1.165) is 17.7 Å². The van der Waals surface area contributed by atoms with Gasteiger partial charge in [-0.15, -0.1) is 0 Å². The van der Waals surface area contributed by atoms with Crippen LogP contribution >= 0.6 is 0 Å². The second-order valence-electron chi connectivity index (χ2n) is 8.02. The third kappa shape index (κ3) is 3.97. The molecule has 0 saturated heterocycles. The van der Waals surface area contributed by atoms with E-state index >= 15 is 0 Å². The Hall–Kier alpha value is -3.09. The lowest BCUT2D eigenvalue weighted by atomic mass is 10.1. The third-order valence-electron chi connectivity index (χ3n) is 5.26. The summed E-state index contributed by atoms with van der Waals surface area (Å²) in [6.07, 6.45) is -0.483. The summed E-state index contributed by atoms with van der Waals surface area (Å²) in [5, 5.41) is 0. The molecule has 0 radical (unpaired) electrons. The van der Waals surface area contributed by atoms with Crippen LogP contribution in [0.5, 0.6) is 0 Å². The number of nitrogens with one attached hydrogen (secondary N) is 1. The summed E-state index contributed by atoms with van der Waals surface area (Å²) >= 11 is 0. The standard InChI is InChI=1S/C23H28N2O5/c1-12(2)29-22(27)19-14(4)20(24-15(19)5)23(28)30-16(6)21(26)25-13(3)11-17-9-7-8-10-18(17)25/h7-10,12-13,16,24H,11H2,1-6H3/t13-,16+/m1/s1. The zero-order valence-corrected chi connectivity index (χ0v) is 18.2. The van der Waals surface area contributed by atoms with Crippen molar-refractivity contribution in [1.82, 2.24) is 4.98 Å². The number of nitrogens with zero attached hydrogens (tertiary/aromatic N) is 1. The second kappa shape index (κ2) is 8.34. The summed E-state index contributed by atoms with van der Waals surface area (Å²) in [5.74, 6) is -1.46. The molecule has 0 fully saturated rings. The van der Waals surface area contributed by atoms with Crippen LogP contribution < -0.4 is 4.90 Å². The summed E-state index contributed by atoms with van der Waals surface area (Å²) in [6.45, 7) is 10.4. The minimum absolute atomic E-state index is 0.0112. The van der Waals surface area contributed by atoms with Crippen LogP contribution in [-0.2, 0) is 20.7 Å². The molecule has 0 spiro atoms. The first-order chi connectivity index (χ1) is 14.1. The van der Waals surface area contributed by atoms with E-state index in [4.69, 9.17) is 9.47 Å². The van der Waals surface area contributed by atoms with E-state index in [1.165, 1.54) is 0 Å². The molecule has 0 bridgehead atoms. The molecular weight excluding hydrogens is 384 g/mol. The number of aromatic amines is 1. The molecule has 1 amide bonds. The first-order valence-electron chi connectivity index (χ1n) is 10.1. The fraction of sp³-hybridized carbons (Fsp3) is 0.435. The Labute approximate surface area is 176 Å². The Morgan fingerprint density at radius 1 is 1.07 bits per heavy atom. The van der Waals surface area contributed by atoms with Gasteiger partial charge in [-0.25, -0.2) is 9.59 Å². The molecule has 1 aromatic heterocycles. The van der Waals surface area contributed by atoms with Crippen molar-refractivity contribution in [2.45, 2.75) is 66.2 Å². The molecule has 0 aliphatic carbocycles. The number of anilines is 1. The Morgan fingerprint density at radius 2 is 1.73 bits per heavy atom. The Balaban J connectivity index is 1.77. The number of hydrogen-bond donors (Lipinski definition) is 1. The van der Waals surface area contributed by atoms with E-state index in [1.54, 1.807) is 39.5 Å². The number of esters is 2. The lowest BCUT2D eigenvalue weighted by molar-refractivity contribution is -0.126. The van der Waals surface area contributed by atoms with Gasteiger partial charge in [-0.2, -0.15) is 0 Å². The number of carbonyl (C=O) groups excluding carboxylic acids is 3. The molecule has 2 heterocycles. The summed E-state index contributed by atoms with van der Waals surface area (Å²) in [7, 11) is 0. The van der Waals surface area contributed by atoms with Crippen LogP contribution in [-0.4, -0.2) is 41.1 Å². The fourth-order valence-corrected chi connectivity index (χ4v) is 3.90. The molecule has 0 saturated carbocycles. The molecule has 2 atom stereocenters. The molecule has 1 aromatic carbocycles. The number of H-pyrrole nitrogens is 1. The lowest BCUT2D eigenvalue weighted by Gasteiger charge is -2.25. The first-order valence-corrected chi connectivity index (χ1v) is 10.1. The minimum Gasteiger partial charge on any atom is -0.459 e. The molecule has 3 rings (SSSR count). The van der Waals surface area contributed by atoms with Gasteiger partial charge in [-0.3, -0.25) is 4.79 Å². The van der Waals surface area contributed by atoms with E-state index in [0.29, 0.717) is 16.8 Å². The van der Waals surface area contributed by atoms with Crippen LogP contribution in [0.15, 0.2) is 24.3 Å². The molecule has 2 aromatic rings. The Morgan fingerprint density at radius 3 is 2.40 bits per heavy atom. The number of hydrogen-bond acceptors (Lipinski definition) is 5. The molecule has 30 heavy (non-hydrogen) atoms. The molecular formula is C23H28N2O5. The topological polar surface area (TPSA) is 88.7 Å². The van der Waals surface area contributed by atoms with Crippen LogP contribution in [0.25, 0.3) is 0 Å². The summed E-state index contributed by atoms with van der Waals surface area (Å²) < 4.78 is 10.7. The molecule has 1 aliphatic heterocycles. The monoisotopic (exact) mass is 412 g/mol. The van der Waals surface area contributed by atoms with E-state index < -0.39 is 18.0 Å². The number of carbonyl (C=O) groups is 3. The average Bonchev–Trinajstić information content (AvgIpc) is 3.15. The van der Waals surface area contributed by atoms with Gasteiger partial charge in [-0.1, -0.05) is 18.2 Å². The maximum Gasteiger partial charge on any atom is 0.355 e. The van der Waals surface area contributed by atoms with Gasteiger partial charge in [0.25, 0.3) is 5.91 Å². The molecule has 7 nitrogen and oxygen atoms in total. The molecule has 1 aliphatic rings. The average molecular weight is 412 g/mol. The van der Waals surface area contributed by atoms with Crippen molar-refractivity contribution in [2.24, 2.45) is 0 Å². The van der Waals surface area contributed by atoms with Gasteiger partial charge in [0.05, 0.1) is 11.7 Å². The van der Waals surface area contributed by atoms with Crippen LogP contribution in [0.4, 0.5) is 5.69 Å². The van der Waals surface area contributed by atoms with Crippen molar-refractivity contribution in [3.8, 4) is 0 Å². The molecule has 160 valence electrons. The SMILES string of the molecule is Cc1[nH]c(C(=O)O[C@@H](C)C(=O)N2c3ccccc3C[C@H]2C)c(C)c1C(=O)OC(C)C. The summed E-state index contributed by atoms with van der Waals surface area (Å²) in [6, 6.07) is 7.72. The van der Waals surface area contributed by atoms with Crippen molar-refractivity contribution in [1.29, 1.82) is 0 Å². The zero-order chi connectivity index (χ0) is 22.2. The highest BCUT2D eigenvalue weighted by molar-refractivity contribution is 6.02. The number of aromatic nitrogens is 1. The number of ether oxygens (including phenoxy) is 2. The number of amides is 1. The highest BCUT2D eigenvalue weighted by Gasteiger charge is 2.35. The van der Waals surface area contributed by atoms with Crippen LogP contribution in [0.3, 0.4) is 0 Å². The highest BCUT2D eigenvalue weighted by atomic mass is 16.6. The quantitative estimate of drug-likeness (QED) is 0.756.